The van der Waals surface area contributed by atoms with Crippen molar-refractivity contribution in [1.82, 2.24) is 15.1 Å². The SMILES string of the molecule is CCCN1CCN(CCC(CO)NCC)CC1. The highest BCUT2D eigenvalue weighted by Crippen LogP contribution is 2.04. The summed E-state index contributed by atoms with van der Waals surface area (Å²) >= 11 is 0. The Labute approximate surface area is 106 Å². The fourth-order valence-corrected chi connectivity index (χ4v) is 2.44. The molecule has 0 saturated carbocycles. The molecule has 1 aliphatic heterocycles. The number of nitrogens with zero attached hydrogens (tertiary/aromatic N) is 2. The summed E-state index contributed by atoms with van der Waals surface area (Å²) in [5, 5.41) is 12.5. The topological polar surface area (TPSA) is 38.7 Å². The van der Waals surface area contributed by atoms with Crippen molar-refractivity contribution in [2.24, 2.45) is 0 Å². The fourth-order valence-electron chi connectivity index (χ4n) is 2.44. The lowest BCUT2D eigenvalue weighted by Gasteiger charge is -2.35. The quantitative estimate of drug-likeness (QED) is 0.646. The minimum atomic E-state index is 0.254. The minimum Gasteiger partial charge on any atom is -0.395 e. The van der Waals surface area contributed by atoms with Crippen LogP contribution in [0.2, 0.25) is 0 Å². The second kappa shape index (κ2) is 8.86. The van der Waals surface area contributed by atoms with E-state index >= 15 is 0 Å². The van der Waals surface area contributed by atoms with Crippen LogP contribution in [0.25, 0.3) is 0 Å². The Hall–Kier alpha value is -0.160. The van der Waals surface area contributed by atoms with E-state index in [9.17, 15) is 5.11 Å². The molecule has 1 heterocycles. The molecule has 0 bridgehead atoms. The molecule has 1 rings (SSSR count). The van der Waals surface area contributed by atoms with E-state index in [2.05, 4.69) is 29.0 Å². The summed E-state index contributed by atoms with van der Waals surface area (Å²) in [6, 6.07) is 0.272. The van der Waals surface area contributed by atoms with E-state index in [0.29, 0.717) is 0 Å². The second-order valence-electron chi connectivity index (χ2n) is 4.91. The minimum absolute atomic E-state index is 0.254. The monoisotopic (exact) mass is 243 g/mol. The molecule has 0 aromatic carbocycles. The molecule has 1 fully saturated rings. The van der Waals surface area contributed by atoms with Crippen molar-refractivity contribution in [2.45, 2.75) is 32.7 Å². The van der Waals surface area contributed by atoms with E-state index in [4.69, 9.17) is 0 Å². The fraction of sp³-hybridized carbons (Fsp3) is 1.00. The Kier molecular flexibility index (Phi) is 7.77. The molecule has 1 saturated heterocycles. The molecule has 0 aromatic heterocycles. The number of piperazine rings is 1. The van der Waals surface area contributed by atoms with Crippen molar-refractivity contribution in [3.8, 4) is 0 Å². The molecular weight excluding hydrogens is 214 g/mol. The van der Waals surface area contributed by atoms with Crippen molar-refractivity contribution in [3.63, 3.8) is 0 Å². The molecule has 0 radical (unpaired) electrons. The molecule has 0 aromatic rings. The Morgan fingerprint density at radius 3 is 2.12 bits per heavy atom. The van der Waals surface area contributed by atoms with Gasteiger partial charge in [0.05, 0.1) is 6.61 Å². The van der Waals surface area contributed by atoms with Crippen LogP contribution in [0, 0.1) is 0 Å². The predicted molar refractivity (Wildman–Crippen MR) is 72.3 cm³/mol. The number of likely N-dealkylation sites (N-methyl/N-ethyl adjacent to an activating group) is 1. The van der Waals surface area contributed by atoms with Crippen LogP contribution in [0.4, 0.5) is 0 Å². The number of nitrogens with one attached hydrogen (secondary N) is 1. The van der Waals surface area contributed by atoms with Crippen molar-refractivity contribution in [1.29, 1.82) is 0 Å². The third-order valence-corrected chi connectivity index (χ3v) is 3.51. The van der Waals surface area contributed by atoms with Gasteiger partial charge in [-0.25, -0.2) is 0 Å². The summed E-state index contributed by atoms with van der Waals surface area (Å²) in [7, 11) is 0. The Morgan fingerprint density at radius 2 is 1.65 bits per heavy atom. The van der Waals surface area contributed by atoms with Gasteiger partial charge in [-0.3, -0.25) is 0 Å². The summed E-state index contributed by atoms with van der Waals surface area (Å²) in [5.74, 6) is 0. The molecule has 1 unspecified atom stereocenters. The molecule has 1 aliphatic rings. The summed E-state index contributed by atoms with van der Waals surface area (Å²) in [6.45, 7) is 12.7. The number of aliphatic hydroxyl groups is 1. The second-order valence-corrected chi connectivity index (χ2v) is 4.91. The van der Waals surface area contributed by atoms with E-state index in [1.54, 1.807) is 0 Å². The van der Waals surface area contributed by atoms with E-state index < -0.39 is 0 Å². The zero-order valence-electron chi connectivity index (χ0n) is 11.5. The van der Waals surface area contributed by atoms with Gasteiger partial charge in [-0.15, -0.1) is 0 Å². The van der Waals surface area contributed by atoms with Crippen LogP contribution in [-0.2, 0) is 0 Å². The summed E-state index contributed by atoms with van der Waals surface area (Å²) in [5.41, 5.74) is 0. The first-order chi connectivity index (χ1) is 8.30. The van der Waals surface area contributed by atoms with E-state index in [0.717, 1.165) is 19.5 Å². The van der Waals surface area contributed by atoms with Crippen LogP contribution in [0.5, 0.6) is 0 Å². The highest BCUT2D eigenvalue weighted by atomic mass is 16.3. The van der Waals surface area contributed by atoms with Gasteiger partial charge in [0.25, 0.3) is 0 Å². The van der Waals surface area contributed by atoms with Gasteiger partial charge in [-0.05, 0) is 32.5 Å². The number of rotatable bonds is 8. The largest absolute Gasteiger partial charge is 0.395 e. The number of aliphatic hydroxyl groups excluding tert-OH is 1. The third-order valence-electron chi connectivity index (χ3n) is 3.51. The maximum atomic E-state index is 9.21. The van der Waals surface area contributed by atoms with Crippen LogP contribution < -0.4 is 5.32 Å². The van der Waals surface area contributed by atoms with Gasteiger partial charge in [0, 0.05) is 32.2 Å². The molecule has 2 N–H and O–H groups in total. The molecule has 102 valence electrons. The Bertz CT molecular complexity index is 182. The third kappa shape index (κ3) is 5.82. The van der Waals surface area contributed by atoms with Crippen molar-refractivity contribution in [3.05, 3.63) is 0 Å². The molecule has 17 heavy (non-hydrogen) atoms. The molecule has 0 aliphatic carbocycles. The normalized spacial score (nSPS) is 20.6. The maximum absolute atomic E-state index is 9.21. The maximum Gasteiger partial charge on any atom is 0.0585 e. The van der Waals surface area contributed by atoms with Gasteiger partial charge < -0.3 is 20.2 Å². The lowest BCUT2D eigenvalue weighted by Crippen LogP contribution is -2.47. The molecule has 1 atom stereocenters. The smallest absolute Gasteiger partial charge is 0.0585 e. The van der Waals surface area contributed by atoms with Crippen molar-refractivity contribution >= 4 is 0 Å². The van der Waals surface area contributed by atoms with E-state index in [-0.39, 0.29) is 12.6 Å². The first-order valence-electron chi connectivity index (χ1n) is 7.09. The Morgan fingerprint density at radius 1 is 1.06 bits per heavy atom. The van der Waals surface area contributed by atoms with Crippen LogP contribution in [0.15, 0.2) is 0 Å². The van der Waals surface area contributed by atoms with Gasteiger partial charge in [0.15, 0.2) is 0 Å². The Balaban J connectivity index is 2.12. The number of hydrogen-bond donors (Lipinski definition) is 2. The summed E-state index contributed by atoms with van der Waals surface area (Å²) < 4.78 is 0. The first kappa shape index (κ1) is 14.9. The zero-order valence-corrected chi connectivity index (χ0v) is 11.5. The average Bonchev–Trinajstić information content (AvgIpc) is 2.36. The molecule has 4 nitrogen and oxygen atoms in total. The van der Waals surface area contributed by atoms with Crippen LogP contribution in [-0.4, -0.2) is 73.4 Å². The van der Waals surface area contributed by atoms with Crippen molar-refractivity contribution < 1.29 is 5.11 Å². The molecular formula is C13H29N3O. The molecule has 0 spiro atoms. The lowest BCUT2D eigenvalue weighted by molar-refractivity contribution is 0.124. The van der Waals surface area contributed by atoms with Crippen molar-refractivity contribution in [2.75, 3.05) is 52.4 Å². The van der Waals surface area contributed by atoms with Crippen LogP contribution in [0.3, 0.4) is 0 Å². The van der Waals surface area contributed by atoms with E-state index in [1.807, 2.05) is 0 Å². The first-order valence-corrected chi connectivity index (χ1v) is 7.09. The zero-order chi connectivity index (χ0) is 12.5. The standard InChI is InChI=1S/C13H29N3O/c1-3-6-15-8-10-16(11-9-15)7-5-13(12-17)14-4-2/h13-14,17H,3-12H2,1-2H3. The molecule has 4 heteroatoms. The summed E-state index contributed by atoms with van der Waals surface area (Å²) in [6.07, 6.45) is 2.31. The van der Waals surface area contributed by atoms with E-state index in [1.165, 1.54) is 39.1 Å². The molecule has 0 amide bonds. The van der Waals surface area contributed by atoms with Gasteiger partial charge in [-0.2, -0.15) is 0 Å². The van der Waals surface area contributed by atoms with Gasteiger partial charge in [0.2, 0.25) is 0 Å². The van der Waals surface area contributed by atoms with Crippen LogP contribution >= 0.6 is 0 Å². The lowest BCUT2D eigenvalue weighted by atomic mass is 10.2. The van der Waals surface area contributed by atoms with Gasteiger partial charge in [0.1, 0.15) is 0 Å². The van der Waals surface area contributed by atoms with Gasteiger partial charge >= 0.3 is 0 Å². The number of hydrogen-bond acceptors (Lipinski definition) is 4. The predicted octanol–water partition coefficient (Wildman–Crippen LogP) is 0.375. The summed E-state index contributed by atoms with van der Waals surface area (Å²) in [4.78, 5) is 5.07. The highest BCUT2D eigenvalue weighted by Gasteiger charge is 2.16. The van der Waals surface area contributed by atoms with Gasteiger partial charge in [-0.1, -0.05) is 13.8 Å². The highest BCUT2D eigenvalue weighted by molar-refractivity contribution is 4.74. The van der Waals surface area contributed by atoms with Crippen LogP contribution in [0.1, 0.15) is 26.7 Å². The average molecular weight is 243 g/mol.